The number of ether oxygens (including phenoxy) is 1. The zero-order chi connectivity index (χ0) is 16.0. The number of carbonyl (C=O) groups is 2. The van der Waals surface area contributed by atoms with E-state index in [1.165, 1.54) is 6.92 Å². The van der Waals surface area contributed by atoms with Crippen LogP contribution in [-0.4, -0.2) is 39.1 Å². The monoisotopic (exact) mass is 325 g/mol. The highest BCUT2D eigenvalue weighted by Crippen LogP contribution is 2.63. The van der Waals surface area contributed by atoms with E-state index in [1.54, 1.807) is 27.7 Å². The molecule has 0 radical (unpaired) electrons. The van der Waals surface area contributed by atoms with Crippen molar-refractivity contribution in [1.82, 2.24) is 5.32 Å². The third-order valence-corrected chi connectivity index (χ3v) is 4.29. The molecule has 0 saturated heterocycles. The summed E-state index contributed by atoms with van der Waals surface area (Å²) in [7, 11) is 0. The van der Waals surface area contributed by atoms with Crippen LogP contribution in [-0.2, 0) is 14.3 Å². The Bertz CT molecular complexity index is 429. The first-order valence-electron chi connectivity index (χ1n) is 6.33. The number of alkyl halides is 2. The summed E-state index contributed by atoms with van der Waals surface area (Å²) in [4.78, 5) is 23.8. The second kappa shape index (κ2) is 5.04. The van der Waals surface area contributed by atoms with Crippen molar-refractivity contribution in [3.8, 4) is 0 Å². The molecule has 0 aromatic carbocycles. The SMILES string of the molecule is CC(C)(C)OC(=O)[C@@](C)(O)CNC(=O)[C@]1(C)CC1(Cl)Cl. The van der Waals surface area contributed by atoms with E-state index in [0.717, 1.165) is 0 Å². The molecular formula is C13H21Cl2NO4. The largest absolute Gasteiger partial charge is 0.458 e. The number of amides is 1. The van der Waals surface area contributed by atoms with Crippen LogP contribution in [0.5, 0.6) is 0 Å². The third kappa shape index (κ3) is 3.77. The molecule has 0 aliphatic heterocycles. The minimum atomic E-state index is -1.81. The molecule has 2 atom stereocenters. The molecule has 1 amide bonds. The fraction of sp³-hybridized carbons (Fsp3) is 0.846. The Morgan fingerprint density at radius 2 is 1.75 bits per heavy atom. The quantitative estimate of drug-likeness (QED) is 0.610. The van der Waals surface area contributed by atoms with E-state index in [4.69, 9.17) is 27.9 Å². The van der Waals surface area contributed by atoms with Gasteiger partial charge in [-0.2, -0.15) is 0 Å². The predicted octanol–water partition coefficient (Wildman–Crippen LogP) is 1.78. The molecule has 0 spiro atoms. The van der Waals surface area contributed by atoms with Gasteiger partial charge in [-0.3, -0.25) is 4.79 Å². The van der Waals surface area contributed by atoms with Gasteiger partial charge in [0.2, 0.25) is 5.91 Å². The maximum absolute atomic E-state index is 12.0. The number of hydrogen-bond acceptors (Lipinski definition) is 4. The van der Waals surface area contributed by atoms with Gasteiger partial charge >= 0.3 is 5.97 Å². The van der Waals surface area contributed by atoms with Crippen LogP contribution < -0.4 is 5.32 Å². The Balaban J connectivity index is 2.56. The van der Waals surface area contributed by atoms with Crippen molar-refractivity contribution in [3.63, 3.8) is 0 Å². The minimum Gasteiger partial charge on any atom is -0.458 e. The molecule has 1 rings (SSSR count). The second-order valence-electron chi connectivity index (χ2n) is 6.67. The van der Waals surface area contributed by atoms with Gasteiger partial charge in [-0.25, -0.2) is 4.79 Å². The summed E-state index contributed by atoms with van der Waals surface area (Å²) in [6, 6.07) is 0. The first-order chi connectivity index (χ1) is 8.71. The summed E-state index contributed by atoms with van der Waals surface area (Å²) in [6.45, 7) is 7.73. The van der Waals surface area contributed by atoms with E-state index < -0.39 is 32.8 Å². The number of rotatable bonds is 4. The van der Waals surface area contributed by atoms with Crippen molar-refractivity contribution < 1.29 is 19.4 Å². The molecule has 0 aromatic rings. The van der Waals surface area contributed by atoms with E-state index in [9.17, 15) is 14.7 Å². The minimum absolute atomic E-state index is 0.264. The number of hydrogen-bond donors (Lipinski definition) is 2. The lowest BCUT2D eigenvalue weighted by molar-refractivity contribution is -0.175. The third-order valence-electron chi connectivity index (χ3n) is 3.19. The van der Waals surface area contributed by atoms with Crippen LogP contribution >= 0.6 is 23.2 Å². The molecule has 0 aromatic heterocycles. The normalized spacial score (nSPS) is 27.4. The summed E-state index contributed by atoms with van der Waals surface area (Å²) in [5.74, 6) is -1.19. The van der Waals surface area contributed by atoms with Crippen LogP contribution in [0, 0.1) is 5.41 Å². The zero-order valence-electron chi connectivity index (χ0n) is 12.3. The molecular weight excluding hydrogens is 305 g/mol. The van der Waals surface area contributed by atoms with E-state index in [0.29, 0.717) is 6.42 Å². The molecule has 7 heteroatoms. The summed E-state index contributed by atoms with van der Waals surface area (Å²) in [5, 5.41) is 12.5. The molecule has 0 unspecified atom stereocenters. The first-order valence-corrected chi connectivity index (χ1v) is 7.09. The van der Waals surface area contributed by atoms with Crippen LogP contribution in [0.2, 0.25) is 0 Å². The smallest absolute Gasteiger partial charge is 0.340 e. The van der Waals surface area contributed by atoms with Crippen molar-refractivity contribution in [2.24, 2.45) is 5.41 Å². The molecule has 1 aliphatic rings. The topological polar surface area (TPSA) is 75.6 Å². The van der Waals surface area contributed by atoms with Crippen molar-refractivity contribution in [1.29, 1.82) is 0 Å². The van der Waals surface area contributed by atoms with Gasteiger partial charge < -0.3 is 15.2 Å². The Morgan fingerprint density at radius 3 is 2.10 bits per heavy atom. The molecule has 116 valence electrons. The Hall–Kier alpha value is -0.520. The molecule has 1 fully saturated rings. The van der Waals surface area contributed by atoms with Gasteiger partial charge in [0.15, 0.2) is 5.60 Å². The second-order valence-corrected chi connectivity index (χ2v) is 8.16. The van der Waals surface area contributed by atoms with E-state index in [-0.39, 0.29) is 6.54 Å². The zero-order valence-corrected chi connectivity index (χ0v) is 13.9. The number of halogens is 2. The molecule has 5 nitrogen and oxygen atoms in total. The van der Waals surface area contributed by atoms with Crippen LogP contribution in [0.1, 0.15) is 41.0 Å². The summed E-state index contributed by atoms with van der Waals surface area (Å²) >= 11 is 11.8. The lowest BCUT2D eigenvalue weighted by Gasteiger charge is -2.28. The number of nitrogens with one attached hydrogen (secondary N) is 1. The average molecular weight is 326 g/mol. The van der Waals surface area contributed by atoms with Gasteiger partial charge in [0.1, 0.15) is 9.93 Å². The lowest BCUT2D eigenvalue weighted by atomic mass is 10.0. The van der Waals surface area contributed by atoms with E-state index in [1.807, 2.05) is 0 Å². The van der Waals surface area contributed by atoms with Crippen LogP contribution in [0.25, 0.3) is 0 Å². The van der Waals surface area contributed by atoms with Gasteiger partial charge in [0.25, 0.3) is 0 Å². The van der Waals surface area contributed by atoms with Crippen molar-refractivity contribution in [3.05, 3.63) is 0 Å². The predicted molar refractivity (Wildman–Crippen MR) is 76.6 cm³/mol. The number of carbonyl (C=O) groups excluding carboxylic acids is 2. The highest BCUT2D eigenvalue weighted by atomic mass is 35.5. The fourth-order valence-electron chi connectivity index (χ4n) is 1.55. The van der Waals surface area contributed by atoms with Gasteiger partial charge in [0, 0.05) is 0 Å². The molecule has 2 N–H and O–H groups in total. The van der Waals surface area contributed by atoms with Crippen molar-refractivity contribution in [2.45, 2.75) is 56.6 Å². The van der Waals surface area contributed by atoms with Crippen LogP contribution in [0.4, 0.5) is 0 Å². The van der Waals surface area contributed by atoms with Gasteiger partial charge in [0.05, 0.1) is 12.0 Å². The molecule has 1 saturated carbocycles. The number of aliphatic hydroxyl groups is 1. The summed E-state index contributed by atoms with van der Waals surface area (Å²) in [5.41, 5.74) is -3.41. The summed E-state index contributed by atoms with van der Waals surface area (Å²) < 4.78 is 4.00. The molecule has 0 heterocycles. The Kier molecular flexibility index (Phi) is 4.42. The maximum Gasteiger partial charge on any atom is 0.340 e. The van der Waals surface area contributed by atoms with Crippen molar-refractivity contribution in [2.75, 3.05) is 6.54 Å². The molecule has 0 bridgehead atoms. The van der Waals surface area contributed by atoms with E-state index in [2.05, 4.69) is 5.32 Å². The van der Waals surface area contributed by atoms with Gasteiger partial charge in [-0.1, -0.05) is 0 Å². The lowest BCUT2D eigenvalue weighted by Crippen LogP contribution is -2.50. The van der Waals surface area contributed by atoms with Gasteiger partial charge in [-0.15, -0.1) is 23.2 Å². The average Bonchev–Trinajstić information content (AvgIpc) is 2.73. The Labute approximate surface area is 128 Å². The first kappa shape index (κ1) is 17.5. The molecule has 1 aliphatic carbocycles. The fourth-order valence-corrected chi connectivity index (χ4v) is 2.26. The molecule has 20 heavy (non-hydrogen) atoms. The van der Waals surface area contributed by atoms with E-state index >= 15 is 0 Å². The highest BCUT2D eigenvalue weighted by molar-refractivity contribution is 6.53. The van der Waals surface area contributed by atoms with Crippen LogP contribution in [0.15, 0.2) is 0 Å². The standard InChI is InChI=1S/C13H21Cl2NO4/c1-10(2,3)20-9(18)12(5,19)7-16-8(17)11(4)6-13(11,14)15/h19H,6-7H2,1-5H3,(H,16,17)/t11-,12-/m0/s1. The summed E-state index contributed by atoms with van der Waals surface area (Å²) in [6.07, 6.45) is 0.337. The van der Waals surface area contributed by atoms with Crippen LogP contribution in [0.3, 0.4) is 0 Å². The number of esters is 1. The Morgan fingerprint density at radius 1 is 1.30 bits per heavy atom. The van der Waals surface area contributed by atoms with Gasteiger partial charge in [-0.05, 0) is 41.0 Å². The maximum atomic E-state index is 12.0. The van der Waals surface area contributed by atoms with Crippen molar-refractivity contribution >= 4 is 35.1 Å². The highest BCUT2D eigenvalue weighted by Gasteiger charge is 2.67.